The van der Waals surface area contributed by atoms with Crippen LogP contribution in [-0.4, -0.2) is 51.6 Å². The summed E-state index contributed by atoms with van der Waals surface area (Å²) in [5, 5.41) is 2.97. The molecule has 4 rings (SSSR count). The summed E-state index contributed by atoms with van der Waals surface area (Å²) in [6, 6.07) is 12.8. The van der Waals surface area contributed by atoms with Gasteiger partial charge in [0, 0.05) is 37.8 Å². The fourth-order valence-corrected chi connectivity index (χ4v) is 4.99. The highest BCUT2D eigenvalue weighted by Gasteiger charge is 2.28. The monoisotopic (exact) mass is 443 g/mol. The van der Waals surface area contributed by atoms with Gasteiger partial charge in [0.25, 0.3) is 5.91 Å². The molecule has 31 heavy (non-hydrogen) atoms. The van der Waals surface area contributed by atoms with Crippen molar-refractivity contribution in [1.29, 1.82) is 0 Å². The number of ether oxygens (including phenoxy) is 1. The van der Waals surface area contributed by atoms with Crippen LogP contribution in [0, 0.1) is 6.92 Å². The lowest BCUT2D eigenvalue weighted by Crippen LogP contribution is -2.36. The highest BCUT2D eigenvalue weighted by Crippen LogP contribution is 2.23. The second kappa shape index (κ2) is 9.48. The van der Waals surface area contributed by atoms with Gasteiger partial charge in [0.2, 0.25) is 10.0 Å². The summed E-state index contributed by atoms with van der Waals surface area (Å²) in [6.45, 7) is 6.29. The van der Waals surface area contributed by atoms with E-state index in [4.69, 9.17) is 4.74 Å². The van der Waals surface area contributed by atoms with Crippen LogP contribution in [0.15, 0.2) is 47.4 Å². The van der Waals surface area contributed by atoms with Crippen LogP contribution >= 0.6 is 0 Å². The number of nitrogens with one attached hydrogen (secondary N) is 2. The summed E-state index contributed by atoms with van der Waals surface area (Å²) in [5.74, 6) is -0.276. The first-order valence-electron chi connectivity index (χ1n) is 10.7. The Balaban J connectivity index is 1.45. The third-order valence-electron chi connectivity index (χ3n) is 5.72. The van der Waals surface area contributed by atoms with Gasteiger partial charge in [0.1, 0.15) is 0 Å². The van der Waals surface area contributed by atoms with Crippen molar-refractivity contribution in [2.45, 2.75) is 43.8 Å². The first-order chi connectivity index (χ1) is 14.9. The van der Waals surface area contributed by atoms with Crippen molar-refractivity contribution in [1.82, 2.24) is 14.9 Å². The van der Waals surface area contributed by atoms with Crippen molar-refractivity contribution in [3.05, 3.63) is 64.7 Å². The van der Waals surface area contributed by atoms with Crippen LogP contribution in [0.2, 0.25) is 0 Å². The molecule has 0 unspecified atom stereocenters. The number of morpholine rings is 1. The molecule has 166 valence electrons. The summed E-state index contributed by atoms with van der Waals surface area (Å²) in [7, 11) is -3.61. The molecule has 1 aliphatic heterocycles. The molecule has 2 aromatic carbocycles. The van der Waals surface area contributed by atoms with Gasteiger partial charge in [-0.05, 0) is 48.6 Å². The van der Waals surface area contributed by atoms with E-state index in [1.807, 2.05) is 25.1 Å². The zero-order valence-electron chi connectivity index (χ0n) is 17.8. The molecule has 0 spiro atoms. The first kappa shape index (κ1) is 22.0. The second-order valence-corrected chi connectivity index (χ2v) is 9.93. The Morgan fingerprint density at radius 1 is 1.10 bits per heavy atom. The standard InChI is InChI=1S/C23H29N3O4S/c1-17-6-9-21(31(28,29)25-20-7-8-20)14-22(17)23(27)24-15-18-4-2-3-5-19(18)16-26-10-12-30-13-11-26/h2-6,9,14,20,25H,7-8,10-13,15-16H2,1H3,(H,24,27). The summed E-state index contributed by atoms with van der Waals surface area (Å²) in [5.41, 5.74) is 3.35. The molecular weight excluding hydrogens is 414 g/mol. The lowest BCUT2D eigenvalue weighted by Gasteiger charge is -2.27. The summed E-state index contributed by atoms with van der Waals surface area (Å²) >= 11 is 0. The lowest BCUT2D eigenvalue weighted by atomic mass is 10.1. The Bertz CT molecular complexity index is 1040. The Morgan fingerprint density at radius 3 is 2.52 bits per heavy atom. The zero-order chi connectivity index (χ0) is 21.8. The average Bonchev–Trinajstić information content (AvgIpc) is 3.57. The Morgan fingerprint density at radius 2 is 1.81 bits per heavy atom. The lowest BCUT2D eigenvalue weighted by molar-refractivity contribution is 0.0340. The SMILES string of the molecule is Cc1ccc(S(=O)(=O)NC2CC2)cc1C(=O)NCc1ccccc1CN1CCOCC1. The molecule has 1 amide bonds. The maximum absolute atomic E-state index is 12.9. The molecule has 0 atom stereocenters. The maximum atomic E-state index is 12.9. The van der Waals surface area contributed by atoms with Gasteiger partial charge in [-0.25, -0.2) is 13.1 Å². The molecule has 2 N–H and O–H groups in total. The average molecular weight is 444 g/mol. The van der Waals surface area contributed by atoms with Crippen molar-refractivity contribution < 1.29 is 17.9 Å². The topological polar surface area (TPSA) is 87.7 Å². The summed E-state index contributed by atoms with van der Waals surface area (Å²) < 4.78 is 33.1. The molecule has 1 aliphatic carbocycles. The number of hydrogen-bond donors (Lipinski definition) is 2. The van der Waals surface area contributed by atoms with Gasteiger partial charge >= 0.3 is 0 Å². The van der Waals surface area contributed by atoms with Crippen LogP contribution in [0.25, 0.3) is 0 Å². The van der Waals surface area contributed by atoms with Crippen molar-refractivity contribution >= 4 is 15.9 Å². The molecule has 2 fully saturated rings. The van der Waals surface area contributed by atoms with Crippen LogP contribution in [0.5, 0.6) is 0 Å². The number of amides is 1. The fourth-order valence-electron chi connectivity index (χ4n) is 3.66. The first-order valence-corrected chi connectivity index (χ1v) is 12.2. The van der Waals surface area contributed by atoms with Gasteiger partial charge in [0.15, 0.2) is 0 Å². The zero-order valence-corrected chi connectivity index (χ0v) is 18.6. The van der Waals surface area contributed by atoms with E-state index in [0.717, 1.165) is 56.8 Å². The second-order valence-electron chi connectivity index (χ2n) is 8.21. The Labute approximate surface area is 183 Å². The van der Waals surface area contributed by atoms with Crippen LogP contribution < -0.4 is 10.0 Å². The summed E-state index contributed by atoms with van der Waals surface area (Å²) in [6.07, 6.45) is 1.73. The number of rotatable bonds is 8. The van der Waals surface area contributed by atoms with E-state index < -0.39 is 10.0 Å². The number of nitrogens with zero attached hydrogens (tertiary/aromatic N) is 1. The predicted octanol–water partition coefficient (Wildman–Crippen LogP) is 2.20. The number of carbonyl (C=O) groups is 1. The van der Waals surface area contributed by atoms with Crippen LogP contribution in [0.1, 0.15) is 39.9 Å². The minimum absolute atomic E-state index is 0.0200. The number of sulfonamides is 1. The largest absolute Gasteiger partial charge is 0.379 e. The van der Waals surface area contributed by atoms with Gasteiger partial charge in [0.05, 0.1) is 18.1 Å². The van der Waals surface area contributed by atoms with E-state index in [0.29, 0.717) is 12.1 Å². The third-order valence-corrected chi connectivity index (χ3v) is 7.24. The van der Waals surface area contributed by atoms with Crippen LogP contribution in [0.3, 0.4) is 0 Å². The molecule has 7 nitrogen and oxygen atoms in total. The highest BCUT2D eigenvalue weighted by atomic mass is 32.2. The minimum Gasteiger partial charge on any atom is -0.379 e. The smallest absolute Gasteiger partial charge is 0.251 e. The van der Waals surface area contributed by atoms with Crippen molar-refractivity contribution in [2.75, 3.05) is 26.3 Å². The minimum atomic E-state index is -3.61. The molecule has 0 aromatic heterocycles. The number of carbonyl (C=O) groups excluding carboxylic acids is 1. The van der Waals surface area contributed by atoms with E-state index in [-0.39, 0.29) is 16.8 Å². The quantitative estimate of drug-likeness (QED) is 0.653. The van der Waals surface area contributed by atoms with E-state index in [2.05, 4.69) is 21.0 Å². The molecule has 0 bridgehead atoms. The van der Waals surface area contributed by atoms with Crippen molar-refractivity contribution in [3.8, 4) is 0 Å². The highest BCUT2D eigenvalue weighted by molar-refractivity contribution is 7.89. The molecule has 1 heterocycles. The normalized spacial score (nSPS) is 17.5. The van der Waals surface area contributed by atoms with Crippen LogP contribution in [0.4, 0.5) is 0 Å². The van der Waals surface area contributed by atoms with Gasteiger partial charge in [-0.1, -0.05) is 30.3 Å². The number of hydrogen-bond acceptors (Lipinski definition) is 5. The number of benzene rings is 2. The molecule has 2 aromatic rings. The Kier molecular flexibility index (Phi) is 6.71. The van der Waals surface area contributed by atoms with Gasteiger partial charge in [-0.2, -0.15) is 0 Å². The van der Waals surface area contributed by atoms with E-state index >= 15 is 0 Å². The molecule has 8 heteroatoms. The van der Waals surface area contributed by atoms with E-state index in [1.54, 1.807) is 12.1 Å². The third kappa shape index (κ3) is 5.71. The van der Waals surface area contributed by atoms with E-state index in [9.17, 15) is 13.2 Å². The molecular formula is C23H29N3O4S. The molecule has 1 saturated carbocycles. The summed E-state index contributed by atoms with van der Waals surface area (Å²) in [4.78, 5) is 15.4. The van der Waals surface area contributed by atoms with Crippen molar-refractivity contribution in [3.63, 3.8) is 0 Å². The van der Waals surface area contributed by atoms with E-state index in [1.165, 1.54) is 11.6 Å². The molecule has 1 saturated heterocycles. The fraction of sp³-hybridized carbons (Fsp3) is 0.435. The molecule has 0 radical (unpaired) electrons. The maximum Gasteiger partial charge on any atom is 0.251 e. The van der Waals surface area contributed by atoms with Crippen LogP contribution in [-0.2, 0) is 27.8 Å². The van der Waals surface area contributed by atoms with Gasteiger partial charge < -0.3 is 10.1 Å². The van der Waals surface area contributed by atoms with Gasteiger partial charge in [-0.3, -0.25) is 9.69 Å². The van der Waals surface area contributed by atoms with Crippen molar-refractivity contribution in [2.24, 2.45) is 0 Å². The predicted molar refractivity (Wildman–Crippen MR) is 118 cm³/mol. The van der Waals surface area contributed by atoms with Gasteiger partial charge in [-0.15, -0.1) is 0 Å². The Hall–Kier alpha value is -2.26. The molecule has 2 aliphatic rings. The number of aryl methyl sites for hydroxylation is 1.